The molecule has 0 spiro atoms. The number of methoxy groups -OCH3 is 1. The second kappa shape index (κ2) is 7.26. The van der Waals surface area contributed by atoms with Gasteiger partial charge in [-0.05, 0) is 18.7 Å². The average molecular weight is 278 g/mol. The van der Waals surface area contributed by atoms with E-state index in [1.54, 1.807) is 12.0 Å². The standard InChI is InChI=1S/C15H22N2O3/c1-3-16-12(11-19-2)10-17-13-6-4-5-7-14(13)20-9-8-15(17)18/h4-7,12,16H,3,8-11H2,1-2H3. The summed E-state index contributed by atoms with van der Waals surface area (Å²) < 4.78 is 10.9. The number of anilines is 1. The second-order valence-corrected chi connectivity index (χ2v) is 4.78. The number of hydrogen-bond donors (Lipinski definition) is 1. The Morgan fingerprint density at radius 3 is 3.00 bits per heavy atom. The molecule has 5 nitrogen and oxygen atoms in total. The summed E-state index contributed by atoms with van der Waals surface area (Å²) in [7, 11) is 1.67. The van der Waals surface area contributed by atoms with Crippen LogP contribution < -0.4 is 15.0 Å². The third kappa shape index (κ3) is 3.49. The number of amides is 1. The van der Waals surface area contributed by atoms with Crippen LogP contribution in [0.25, 0.3) is 0 Å². The summed E-state index contributed by atoms with van der Waals surface area (Å²) in [5.41, 5.74) is 0.842. The molecule has 2 rings (SSSR count). The fourth-order valence-electron chi connectivity index (χ4n) is 2.41. The number of rotatable bonds is 6. The van der Waals surface area contributed by atoms with Crippen LogP contribution in [0.3, 0.4) is 0 Å². The van der Waals surface area contributed by atoms with Gasteiger partial charge in [0.25, 0.3) is 0 Å². The lowest BCUT2D eigenvalue weighted by atomic mass is 10.2. The van der Waals surface area contributed by atoms with Crippen molar-refractivity contribution < 1.29 is 14.3 Å². The van der Waals surface area contributed by atoms with E-state index < -0.39 is 0 Å². The van der Waals surface area contributed by atoms with Crippen molar-refractivity contribution in [2.45, 2.75) is 19.4 Å². The molecule has 5 heteroatoms. The first kappa shape index (κ1) is 14.8. The quantitative estimate of drug-likeness (QED) is 0.855. The molecule has 1 aromatic carbocycles. The number of nitrogens with zero attached hydrogens (tertiary/aromatic N) is 1. The van der Waals surface area contributed by atoms with Crippen LogP contribution in [-0.2, 0) is 9.53 Å². The molecule has 0 bridgehead atoms. The predicted molar refractivity (Wildman–Crippen MR) is 78.2 cm³/mol. The van der Waals surface area contributed by atoms with E-state index in [9.17, 15) is 4.79 Å². The Morgan fingerprint density at radius 2 is 2.25 bits per heavy atom. The van der Waals surface area contributed by atoms with E-state index in [1.807, 2.05) is 31.2 Å². The van der Waals surface area contributed by atoms with Gasteiger partial charge in [-0.1, -0.05) is 19.1 Å². The topological polar surface area (TPSA) is 50.8 Å². The van der Waals surface area contributed by atoms with Gasteiger partial charge in [-0.2, -0.15) is 0 Å². The Balaban J connectivity index is 2.20. The number of nitrogens with one attached hydrogen (secondary N) is 1. The van der Waals surface area contributed by atoms with Crippen molar-refractivity contribution in [3.63, 3.8) is 0 Å². The third-order valence-electron chi connectivity index (χ3n) is 3.29. The normalized spacial score (nSPS) is 16.3. The largest absolute Gasteiger partial charge is 0.491 e. The number of ether oxygens (including phenoxy) is 2. The number of fused-ring (bicyclic) bond motifs is 1. The highest BCUT2D eigenvalue weighted by atomic mass is 16.5. The summed E-state index contributed by atoms with van der Waals surface area (Å²) in [6.07, 6.45) is 0.403. The first-order chi connectivity index (χ1) is 9.76. The summed E-state index contributed by atoms with van der Waals surface area (Å²) in [5.74, 6) is 0.861. The fourth-order valence-corrected chi connectivity index (χ4v) is 2.41. The zero-order chi connectivity index (χ0) is 14.4. The van der Waals surface area contributed by atoms with Crippen LogP contribution >= 0.6 is 0 Å². The molecule has 1 atom stereocenters. The van der Waals surface area contributed by atoms with Gasteiger partial charge >= 0.3 is 0 Å². The van der Waals surface area contributed by atoms with E-state index in [4.69, 9.17) is 9.47 Å². The van der Waals surface area contributed by atoms with Gasteiger partial charge in [0.05, 0.1) is 25.3 Å². The SMILES string of the molecule is CCNC(COC)CN1C(=O)CCOc2ccccc21. The van der Waals surface area contributed by atoms with Gasteiger partial charge in [-0.3, -0.25) is 4.79 Å². The number of benzene rings is 1. The molecular weight excluding hydrogens is 256 g/mol. The van der Waals surface area contributed by atoms with E-state index >= 15 is 0 Å². The molecular formula is C15H22N2O3. The van der Waals surface area contributed by atoms with Crippen LogP contribution in [-0.4, -0.2) is 45.4 Å². The molecule has 1 aliphatic rings. The summed E-state index contributed by atoms with van der Waals surface area (Å²) in [6, 6.07) is 7.78. The van der Waals surface area contributed by atoms with Crippen LogP contribution in [0.4, 0.5) is 5.69 Å². The summed E-state index contributed by atoms with van der Waals surface area (Å²) >= 11 is 0. The molecule has 20 heavy (non-hydrogen) atoms. The molecule has 1 N–H and O–H groups in total. The number of likely N-dealkylation sites (N-methyl/N-ethyl adjacent to an activating group) is 1. The smallest absolute Gasteiger partial charge is 0.230 e. The van der Waals surface area contributed by atoms with E-state index in [-0.39, 0.29) is 11.9 Å². The lowest BCUT2D eigenvalue weighted by Gasteiger charge is -2.27. The summed E-state index contributed by atoms with van der Waals surface area (Å²) in [5, 5.41) is 3.34. The molecule has 1 heterocycles. The van der Waals surface area contributed by atoms with E-state index in [0.717, 1.165) is 18.0 Å². The van der Waals surface area contributed by atoms with Crippen LogP contribution in [0.2, 0.25) is 0 Å². The second-order valence-electron chi connectivity index (χ2n) is 4.78. The highest BCUT2D eigenvalue weighted by molar-refractivity contribution is 5.95. The molecule has 1 amide bonds. The van der Waals surface area contributed by atoms with Crippen LogP contribution in [0.5, 0.6) is 5.75 Å². The number of carbonyl (C=O) groups excluding carboxylic acids is 1. The van der Waals surface area contributed by atoms with E-state index in [2.05, 4.69) is 5.32 Å². The Kier molecular flexibility index (Phi) is 5.38. The molecule has 0 aliphatic carbocycles. The molecule has 0 fully saturated rings. The van der Waals surface area contributed by atoms with E-state index in [0.29, 0.717) is 26.2 Å². The molecule has 0 saturated heterocycles. The minimum atomic E-state index is 0.0916. The Bertz CT molecular complexity index is 444. The molecule has 1 unspecified atom stereocenters. The Labute approximate surface area is 119 Å². The predicted octanol–water partition coefficient (Wildman–Crippen LogP) is 1.43. The fraction of sp³-hybridized carbons (Fsp3) is 0.533. The molecule has 0 aromatic heterocycles. The van der Waals surface area contributed by atoms with Gasteiger partial charge in [0.15, 0.2) is 0 Å². The van der Waals surface area contributed by atoms with Gasteiger partial charge in [0.2, 0.25) is 5.91 Å². The van der Waals surface area contributed by atoms with Gasteiger partial charge < -0.3 is 19.7 Å². The van der Waals surface area contributed by atoms with Crippen molar-refractivity contribution in [1.82, 2.24) is 5.32 Å². The lowest BCUT2D eigenvalue weighted by molar-refractivity contribution is -0.118. The molecule has 1 aromatic rings. The molecule has 0 saturated carbocycles. The maximum absolute atomic E-state index is 12.3. The van der Waals surface area contributed by atoms with Crippen molar-refractivity contribution in [2.75, 3.05) is 38.3 Å². The van der Waals surface area contributed by atoms with Gasteiger partial charge in [-0.15, -0.1) is 0 Å². The van der Waals surface area contributed by atoms with Crippen molar-refractivity contribution in [1.29, 1.82) is 0 Å². The average Bonchev–Trinajstić information content (AvgIpc) is 2.60. The maximum atomic E-state index is 12.3. The maximum Gasteiger partial charge on any atom is 0.230 e. The van der Waals surface area contributed by atoms with Crippen LogP contribution in [0.1, 0.15) is 13.3 Å². The highest BCUT2D eigenvalue weighted by Gasteiger charge is 2.25. The zero-order valence-electron chi connectivity index (χ0n) is 12.1. The molecule has 0 radical (unpaired) electrons. The van der Waals surface area contributed by atoms with Crippen LogP contribution in [0, 0.1) is 0 Å². The highest BCUT2D eigenvalue weighted by Crippen LogP contribution is 2.30. The van der Waals surface area contributed by atoms with Gasteiger partial charge in [0, 0.05) is 19.7 Å². The van der Waals surface area contributed by atoms with E-state index in [1.165, 1.54) is 0 Å². The minimum absolute atomic E-state index is 0.0916. The van der Waals surface area contributed by atoms with Crippen molar-refractivity contribution in [2.24, 2.45) is 0 Å². The van der Waals surface area contributed by atoms with Gasteiger partial charge in [0.1, 0.15) is 5.75 Å². The lowest BCUT2D eigenvalue weighted by Crippen LogP contribution is -2.46. The zero-order valence-corrected chi connectivity index (χ0v) is 12.1. The number of hydrogen-bond acceptors (Lipinski definition) is 4. The minimum Gasteiger partial charge on any atom is -0.491 e. The Hall–Kier alpha value is -1.59. The van der Waals surface area contributed by atoms with Gasteiger partial charge in [-0.25, -0.2) is 0 Å². The summed E-state index contributed by atoms with van der Waals surface area (Å²) in [4.78, 5) is 14.1. The monoisotopic (exact) mass is 278 g/mol. The number of carbonyl (C=O) groups is 1. The van der Waals surface area contributed by atoms with Crippen molar-refractivity contribution >= 4 is 11.6 Å². The first-order valence-corrected chi connectivity index (χ1v) is 7.00. The molecule has 1 aliphatic heterocycles. The summed E-state index contributed by atoms with van der Waals surface area (Å²) in [6.45, 7) is 4.47. The Morgan fingerprint density at radius 1 is 1.45 bits per heavy atom. The number of para-hydroxylation sites is 2. The third-order valence-corrected chi connectivity index (χ3v) is 3.29. The van der Waals surface area contributed by atoms with Crippen molar-refractivity contribution in [3.8, 4) is 5.75 Å². The first-order valence-electron chi connectivity index (χ1n) is 7.00. The van der Waals surface area contributed by atoms with Crippen LogP contribution in [0.15, 0.2) is 24.3 Å². The molecule has 110 valence electrons. The van der Waals surface area contributed by atoms with Crippen molar-refractivity contribution in [3.05, 3.63) is 24.3 Å².